The zero-order valence-electron chi connectivity index (χ0n) is 14.5. The minimum atomic E-state index is -0.468. The van der Waals surface area contributed by atoms with Gasteiger partial charge >= 0.3 is 5.97 Å². The van der Waals surface area contributed by atoms with Crippen LogP contribution in [0.15, 0.2) is 61.1 Å². The summed E-state index contributed by atoms with van der Waals surface area (Å²) in [5.41, 5.74) is 2.46. The molecule has 0 amide bonds. The summed E-state index contributed by atoms with van der Waals surface area (Å²) in [6.07, 6.45) is 3.16. The van der Waals surface area contributed by atoms with Gasteiger partial charge < -0.3 is 14.0 Å². The number of ether oxygens (including phenoxy) is 2. The van der Waals surface area contributed by atoms with Gasteiger partial charge in [0.25, 0.3) is 0 Å². The third kappa shape index (κ3) is 3.55. The normalized spacial score (nSPS) is 11.8. The Kier molecular flexibility index (Phi) is 4.84. The third-order valence-electron chi connectivity index (χ3n) is 4.10. The van der Waals surface area contributed by atoms with Crippen LogP contribution in [0.1, 0.15) is 34.6 Å². The topological polar surface area (TPSA) is 53.4 Å². The lowest BCUT2D eigenvalue weighted by molar-refractivity contribution is 0.0717. The zero-order chi connectivity index (χ0) is 17.8. The maximum atomic E-state index is 12.7. The van der Waals surface area contributed by atoms with E-state index >= 15 is 0 Å². The molecule has 0 spiro atoms. The quantitative estimate of drug-likeness (QED) is 0.521. The predicted molar refractivity (Wildman–Crippen MR) is 95.2 cm³/mol. The second-order valence-corrected chi connectivity index (χ2v) is 5.82. The van der Waals surface area contributed by atoms with E-state index in [4.69, 9.17) is 9.47 Å². The molecule has 128 valence electrons. The summed E-state index contributed by atoms with van der Waals surface area (Å²) in [7, 11) is 1.55. The Hall–Kier alpha value is -3.08. The smallest absolute Gasteiger partial charge is 0.362 e. The maximum Gasteiger partial charge on any atom is 0.362 e. The van der Waals surface area contributed by atoms with E-state index in [0.717, 1.165) is 11.1 Å². The Morgan fingerprint density at radius 2 is 1.88 bits per heavy atom. The number of hydrogen-bond donors (Lipinski definition) is 0. The molecule has 3 aromatic rings. The van der Waals surface area contributed by atoms with Crippen molar-refractivity contribution < 1.29 is 14.3 Å². The molecule has 1 aromatic heterocycles. The van der Waals surface area contributed by atoms with Crippen LogP contribution in [0.3, 0.4) is 0 Å². The lowest BCUT2D eigenvalue weighted by Crippen LogP contribution is -2.17. The van der Waals surface area contributed by atoms with Gasteiger partial charge in [0.15, 0.2) is 11.5 Å². The summed E-state index contributed by atoms with van der Waals surface area (Å²) in [5.74, 6) is 0.443. The van der Waals surface area contributed by atoms with E-state index in [1.165, 1.54) is 6.20 Å². The van der Waals surface area contributed by atoms with Crippen LogP contribution in [0.25, 0.3) is 0 Å². The Bertz CT molecular complexity index is 872. The van der Waals surface area contributed by atoms with Crippen LogP contribution >= 0.6 is 0 Å². The number of carbonyl (C=O) groups is 1. The number of nitrogens with zero attached hydrogens (tertiary/aromatic N) is 2. The summed E-state index contributed by atoms with van der Waals surface area (Å²) in [6, 6.07) is 15.4. The number of benzene rings is 2. The summed E-state index contributed by atoms with van der Waals surface area (Å²) in [4.78, 5) is 16.8. The van der Waals surface area contributed by atoms with Gasteiger partial charge in [-0.05, 0) is 37.1 Å². The number of aromatic nitrogens is 2. The number of imidazole rings is 1. The lowest BCUT2D eigenvalue weighted by Gasteiger charge is -2.17. The largest absolute Gasteiger partial charge is 0.493 e. The molecule has 1 heterocycles. The van der Waals surface area contributed by atoms with Crippen molar-refractivity contribution in [1.29, 1.82) is 0 Å². The zero-order valence-corrected chi connectivity index (χ0v) is 14.5. The highest BCUT2D eigenvalue weighted by Gasteiger charge is 2.20. The molecular formula is C20H20N2O3. The molecule has 0 aliphatic heterocycles. The minimum Gasteiger partial charge on any atom is -0.493 e. The molecule has 5 heteroatoms. The Morgan fingerprint density at radius 3 is 2.60 bits per heavy atom. The fraction of sp³-hybridized carbons (Fsp3) is 0.200. The van der Waals surface area contributed by atoms with Crippen LogP contribution in [-0.4, -0.2) is 22.6 Å². The van der Waals surface area contributed by atoms with Crippen molar-refractivity contribution >= 4 is 5.97 Å². The average Bonchev–Trinajstić information content (AvgIpc) is 3.12. The molecule has 0 bridgehead atoms. The average molecular weight is 336 g/mol. The molecule has 3 rings (SSSR count). The monoisotopic (exact) mass is 336 g/mol. The highest BCUT2D eigenvalue weighted by Crippen LogP contribution is 2.29. The van der Waals surface area contributed by atoms with Crippen LogP contribution < -0.4 is 9.47 Å². The Morgan fingerprint density at radius 1 is 1.12 bits per heavy atom. The van der Waals surface area contributed by atoms with E-state index in [9.17, 15) is 4.79 Å². The molecule has 0 N–H and O–H groups in total. The van der Waals surface area contributed by atoms with Crippen LogP contribution in [0.5, 0.6) is 11.5 Å². The molecule has 0 aliphatic rings. The fourth-order valence-corrected chi connectivity index (χ4v) is 2.68. The van der Waals surface area contributed by atoms with Gasteiger partial charge in [0.2, 0.25) is 0 Å². The maximum absolute atomic E-state index is 12.7. The van der Waals surface area contributed by atoms with Gasteiger partial charge in [-0.25, -0.2) is 9.78 Å². The van der Waals surface area contributed by atoms with E-state index in [1.807, 2.05) is 50.2 Å². The van der Waals surface area contributed by atoms with Crippen molar-refractivity contribution in [1.82, 2.24) is 9.55 Å². The van der Waals surface area contributed by atoms with Gasteiger partial charge in [0.1, 0.15) is 5.69 Å². The van der Waals surface area contributed by atoms with E-state index in [1.54, 1.807) is 30.1 Å². The van der Waals surface area contributed by atoms with Gasteiger partial charge in [0.05, 0.1) is 25.7 Å². The number of carbonyl (C=O) groups excluding carboxylic acids is 1. The minimum absolute atomic E-state index is 0.0364. The second kappa shape index (κ2) is 7.21. The molecule has 5 nitrogen and oxygen atoms in total. The summed E-state index contributed by atoms with van der Waals surface area (Å²) >= 11 is 0. The molecule has 0 saturated carbocycles. The van der Waals surface area contributed by atoms with Crippen molar-refractivity contribution in [2.45, 2.75) is 19.9 Å². The molecule has 0 unspecified atom stereocenters. The molecule has 1 atom stereocenters. The van der Waals surface area contributed by atoms with E-state index in [2.05, 4.69) is 4.98 Å². The van der Waals surface area contributed by atoms with Crippen molar-refractivity contribution in [3.63, 3.8) is 0 Å². The molecule has 0 saturated heterocycles. The van der Waals surface area contributed by atoms with Gasteiger partial charge in [-0.3, -0.25) is 0 Å². The van der Waals surface area contributed by atoms with E-state index in [0.29, 0.717) is 17.2 Å². The SMILES string of the molecule is COc1ccc(C)cc1OC(=O)c1cncn1[C@H](C)c1ccccc1. The first-order valence-electron chi connectivity index (χ1n) is 8.03. The lowest BCUT2D eigenvalue weighted by atomic mass is 10.1. The molecule has 2 aromatic carbocycles. The van der Waals surface area contributed by atoms with Crippen LogP contribution in [0.2, 0.25) is 0 Å². The number of aryl methyl sites for hydroxylation is 1. The van der Waals surface area contributed by atoms with Crippen molar-refractivity contribution in [2.75, 3.05) is 7.11 Å². The molecule has 25 heavy (non-hydrogen) atoms. The van der Waals surface area contributed by atoms with Gasteiger partial charge in [0, 0.05) is 0 Å². The van der Waals surface area contributed by atoms with Crippen molar-refractivity contribution in [3.05, 3.63) is 77.9 Å². The highest BCUT2D eigenvalue weighted by atomic mass is 16.6. The van der Waals surface area contributed by atoms with Crippen LogP contribution in [0.4, 0.5) is 0 Å². The third-order valence-corrected chi connectivity index (χ3v) is 4.10. The standard InChI is InChI=1S/C20H20N2O3/c1-14-9-10-18(24-3)19(11-14)25-20(23)17-12-21-13-22(17)15(2)16-7-5-4-6-8-16/h4-13,15H,1-3H3/t15-/m1/s1. The summed E-state index contributed by atoms with van der Waals surface area (Å²) in [6.45, 7) is 3.94. The number of rotatable bonds is 5. The van der Waals surface area contributed by atoms with Gasteiger partial charge in [-0.15, -0.1) is 0 Å². The Labute approximate surface area is 146 Å². The van der Waals surface area contributed by atoms with Gasteiger partial charge in [-0.1, -0.05) is 36.4 Å². The van der Waals surface area contributed by atoms with Crippen LogP contribution in [-0.2, 0) is 0 Å². The number of hydrogen-bond acceptors (Lipinski definition) is 4. The van der Waals surface area contributed by atoms with E-state index < -0.39 is 5.97 Å². The highest BCUT2D eigenvalue weighted by molar-refractivity contribution is 5.89. The molecule has 0 aliphatic carbocycles. The van der Waals surface area contributed by atoms with Gasteiger partial charge in [-0.2, -0.15) is 0 Å². The van der Waals surface area contributed by atoms with Crippen molar-refractivity contribution in [3.8, 4) is 11.5 Å². The fourth-order valence-electron chi connectivity index (χ4n) is 2.68. The summed E-state index contributed by atoms with van der Waals surface area (Å²) < 4.78 is 12.6. The predicted octanol–water partition coefficient (Wildman–Crippen LogP) is 4.03. The van der Waals surface area contributed by atoms with Crippen LogP contribution in [0, 0.1) is 6.92 Å². The second-order valence-electron chi connectivity index (χ2n) is 5.82. The number of esters is 1. The van der Waals surface area contributed by atoms with Crippen molar-refractivity contribution in [2.24, 2.45) is 0 Å². The first-order valence-corrected chi connectivity index (χ1v) is 8.03. The Balaban J connectivity index is 1.88. The molecular weight excluding hydrogens is 316 g/mol. The summed E-state index contributed by atoms with van der Waals surface area (Å²) in [5, 5.41) is 0. The first kappa shape index (κ1) is 16.8. The number of methoxy groups -OCH3 is 1. The molecule has 0 radical (unpaired) electrons. The molecule has 0 fully saturated rings. The first-order chi connectivity index (χ1) is 12.1. The van der Waals surface area contributed by atoms with E-state index in [-0.39, 0.29) is 6.04 Å².